The normalized spacial score (nSPS) is 17.1. The Morgan fingerprint density at radius 3 is 2.20 bits per heavy atom. The molecule has 0 atom stereocenters. The average Bonchev–Trinajstić information content (AvgIpc) is 2.81. The Morgan fingerprint density at radius 2 is 1.64 bits per heavy atom. The average molecular weight is 367 g/mol. The van der Waals surface area contributed by atoms with E-state index in [1.54, 1.807) is 17.0 Å². The van der Waals surface area contributed by atoms with Crippen LogP contribution in [0.5, 0.6) is 0 Å². The van der Waals surface area contributed by atoms with E-state index in [9.17, 15) is 13.2 Å². The second-order valence-corrected chi connectivity index (χ2v) is 9.40. The Hall–Kier alpha value is -1.40. The van der Waals surface area contributed by atoms with E-state index in [-0.39, 0.29) is 5.91 Å². The number of hydrogen-bond acceptors (Lipinski definition) is 3. The molecule has 1 aromatic rings. The Labute approximate surface area is 152 Å². The van der Waals surface area contributed by atoms with Gasteiger partial charge in [0, 0.05) is 32.6 Å². The molecule has 0 aliphatic carbocycles. The highest BCUT2D eigenvalue weighted by atomic mass is 32.2. The smallest absolute Gasteiger partial charge is 0.243 e. The third-order valence-electron chi connectivity index (χ3n) is 4.57. The van der Waals surface area contributed by atoms with Crippen LogP contribution in [-0.4, -0.2) is 49.7 Å². The van der Waals surface area contributed by atoms with Crippen molar-refractivity contribution < 1.29 is 13.2 Å². The van der Waals surface area contributed by atoms with Gasteiger partial charge in [0.05, 0.1) is 4.90 Å². The van der Waals surface area contributed by atoms with Gasteiger partial charge in [-0.1, -0.05) is 39.8 Å². The number of carbonyl (C=O) groups is 1. The van der Waals surface area contributed by atoms with Gasteiger partial charge in [0.25, 0.3) is 0 Å². The molecule has 0 bridgehead atoms. The fourth-order valence-electron chi connectivity index (χ4n) is 3.04. The van der Waals surface area contributed by atoms with Crippen LogP contribution in [0.15, 0.2) is 29.2 Å². The summed E-state index contributed by atoms with van der Waals surface area (Å²) in [6.07, 6.45) is 1.19. The molecule has 1 aliphatic rings. The van der Waals surface area contributed by atoms with Crippen molar-refractivity contribution in [1.82, 2.24) is 9.21 Å². The van der Waals surface area contributed by atoms with Gasteiger partial charge in [-0.2, -0.15) is 4.31 Å². The first-order chi connectivity index (χ1) is 11.7. The lowest BCUT2D eigenvalue weighted by molar-refractivity contribution is -0.131. The predicted molar refractivity (Wildman–Crippen MR) is 99.9 cm³/mol. The minimum absolute atomic E-state index is 0.121. The maximum absolute atomic E-state index is 12.9. The van der Waals surface area contributed by atoms with Crippen LogP contribution in [0.4, 0.5) is 0 Å². The summed E-state index contributed by atoms with van der Waals surface area (Å²) in [5.41, 5.74) is 1.13. The fourth-order valence-corrected chi connectivity index (χ4v) is 4.51. The minimum Gasteiger partial charge on any atom is -0.341 e. The number of nitrogens with zero attached hydrogens (tertiary/aromatic N) is 2. The van der Waals surface area contributed by atoms with Crippen LogP contribution in [0.3, 0.4) is 0 Å². The SMILES string of the molecule is CC(C)CC(=O)N1CCCN(S(=O)(=O)c2ccc(C(C)C)cc2)CC1. The van der Waals surface area contributed by atoms with E-state index in [4.69, 9.17) is 0 Å². The topological polar surface area (TPSA) is 57.7 Å². The summed E-state index contributed by atoms with van der Waals surface area (Å²) in [6, 6.07) is 7.15. The first-order valence-electron chi connectivity index (χ1n) is 9.09. The molecule has 0 saturated carbocycles. The number of rotatable bonds is 5. The maximum Gasteiger partial charge on any atom is 0.243 e. The molecule has 0 aromatic heterocycles. The molecule has 5 nitrogen and oxygen atoms in total. The molecule has 1 saturated heterocycles. The highest BCUT2D eigenvalue weighted by Crippen LogP contribution is 2.21. The molecule has 0 spiro atoms. The van der Waals surface area contributed by atoms with Gasteiger partial charge < -0.3 is 4.90 Å². The Morgan fingerprint density at radius 1 is 1.00 bits per heavy atom. The van der Waals surface area contributed by atoms with Crippen molar-refractivity contribution >= 4 is 15.9 Å². The molecule has 0 radical (unpaired) electrons. The van der Waals surface area contributed by atoms with Crippen LogP contribution in [0.25, 0.3) is 0 Å². The molecule has 6 heteroatoms. The monoisotopic (exact) mass is 366 g/mol. The molecule has 0 N–H and O–H groups in total. The van der Waals surface area contributed by atoms with Crippen LogP contribution in [-0.2, 0) is 14.8 Å². The second kappa shape index (κ2) is 8.32. The van der Waals surface area contributed by atoms with Crippen molar-refractivity contribution in [3.05, 3.63) is 29.8 Å². The number of carbonyl (C=O) groups excluding carboxylic acids is 1. The third kappa shape index (κ3) is 5.05. The van der Waals surface area contributed by atoms with E-state index in [1.807, 2.05) is 26.0 Å². The summed E-state index contributed by atoms with van der Waals surface area (Å²) in [5, 5.41) is 0. The molecule has 0 unspecified atom stereocenters. The van der Waals surface area contributed by atoms with Gasteiger partial charge in [-0.25, -0.2) is 8.42 Å². The van der Waals surface area contributed by atoms with Gasteiger partial charge in [-0.3, -0.25) is 4.79 Å². The lowest BCUT2D eigenvalue weighted by Gasteiger charge is -2.22. The summed E-state index contributed by atoms with van der Waals surface area (Å²) >= 11 is 0. The van der Waals surface area contributed by atoms with Crippen molar-refractivity contribution in [2.24, 2.45) is 5.92 Å². The molecule has 25 heavy (non-hydrogen) atoms. The molecular weight excluding hydrogens is 336 g/mol. The summed E-state index contributed by atoms with van der Waals surface area (Å²) in [4.78, 5) is 14.4. The summed E-state index contributed by atoms with van der Waals surface area (Å²) in [7, 11) is -3.50. The lowest BCUT2D eigenvalue weighted by Crippen LogP contribution is -2.37. The van der Waals surface area contributed by atoms with Gasteiger partial charge in [-0.05, 0) is 36.0 Å². The number of sulfonamides is 1. The van der Waals surface area contributed by atoms with E-state index in [0.717, 1.165) is 5.56 Å². The summed E-state index contributed by atoms with van der Waals surface area (Å²) in [6.45, 7) is 10.1. The highest BCUT2D eigenvalue weighted by Gasteiger charge is 2.28. The van der Waals surface area contributed by atoms with Gasteiger partial charge >= 0.3 is 0 Å². The molecule has 1 amide bonds. The zero-order chi connectivity index (χ0) is 18.6. The van der Waals surface area contributed by atoms with Gasteiger partial charge in [0.1, 0.15) is 0 Å². The van der Waals surface area contributed by atoms with Crippen LogP contribution in [0.1, 0.15) is 52.0 Å². The zero-order valence-electron chi connectivity index (χ0n) is 15.7. The van der Waals surface area contributed by atoms with Crippen molar-refractivity contribution in [3.63, 3.8) is 0 Å². The van der Waals surface area contributed by atoms with Crippen LogP contribution < -0.4 is 0 Å². The number of hydrogen-bond donors (Lipinski definition) is 0. The third-order valence-corrected chi connectivity index (χ3v) is 6.49. The van der Waals surface area contributed by atoms with Crippen molar-refractivity contribution in [2.45, 2.75) is 51.3 Å². The molecule has 2 rings (SSSR count). The largest absolute Gasteiger partial charge is 0.341 e. The Bertz CT molecular complexity index is 681. The van der Waals surface area contributed by atoms with E-state index in [2.05, 4.69) is 13.8 Å². The molecule has 1 fully saturated rings. The van der Waals surface area contributed by atoms with E-state index in [0.29, 0.717) is 55.8 Å². The summed E-state index contributed by atoms with van der Waals surface area (Å²) in [5.74, 6) is 0.807. The number of amides is 1. The Kier molecular flexibility index (Phi) is 6.63. The standard InChI is InChI=1S/C19H30N2O3S/c1-15(2)14-19(22)20-10-5-11-21(13-12-20)25(23,24)18-8-6-17(7-9-18)16(3)4/h6-9,15-16H,5,10-14H2,1-4H3. The molecule has 1 heterocycles. The molecule has 140 valence electrons. The number of benzene rings is 1. The van der Waals surface area contributed by atoms with Crippen LogP contribution in [0.2, 0.25) is 0 Å². The lowest BCUT2D eigenvalue weighted by atomic mass is 10.0. The zero-order valence-corrected chi connectivity index (χ0v) is 16.6. The predicted octanol–water partition coefficient (Wildman–Crippen LogP) is 3.08. The fraction of sp³-hybridized carbons (Fsp3) is 0.632. The second-order valence-electron chi connectivity index (χ2n) is 7.46. The van der Waals surface area contributed by atoms with Crippen LogP contribution >= 0.6 is 0 Å². The van der Waals surface area contributed by atoms with Gasteiger partial charge in [-0.15, -0.1) is 0 Å². The molecular formula is C19H30N2O3S. The highest BCUT2D eigenvalue weighted by molar-refractivity contribution is 7.89. The summed E-state index contributed by atoms with van der Waals surface area (Å²) < 4.78 is 27.3. The van der Waals surface area contributed by atoms with Gasteiger partial charge in [0.15, 0.2) is 0 Å². The molecule has 1 aliphatic heterocycles. The van der Waals surface area contributed by atoms with Crippen molar-refractivity contribution in [2.75, 3.05) is 26.2 Å². The quantitative estimate of drug-likeness (QED) is 0.805. The van der Waals surface area contributed by atoms with Crippen molar-refractivity contribution in [1.29, 1.82) is 0 Å². The minimum atomic E-state index is -3.50. The molecule has 1 aromatic carbocycles. The Balaban J connectivity index is 2.09. The first kappa shape index (κ1) is 19.9. The van der Waals surface area contributed by atoms with E-state index < -0.39 is 10.0 Å². The van der Waals surface area contributed by atoms with E-state index >= 15 is 0 Å². The first-order valence-corrected chi connectivity index (χ1v) is 10.5. The van der Waals surface area contributed by atoms with Crippen molar-refractivity contribution in [3.8, 4) is 0 Å². The maximum atomic E-state index is 12.9. The van der Waals surface area contributed by atoms with Crippen LogP contribution in [0, 0.1) is 5.92 Å². The van der Waals surface area contributed by atoms with E-state index in [1.165, 1.54) is 4.31 Å². The van der Waals surface area contributed by atoms with Gasteiger partial charge in [0.2, 0.25) is 15.9 Å².